The van der Waals surface area contributed by atoms with Crippen LogP contribution in [0.4, 0.5) is 0 Å². The standard InChI is InChI=1S/C12H15N3/c13-10-12(11-4-2-1-3-5-11)15-8-6-14-7-9-15/h1-5,12,14H,6-9H2/t12-/m0/s1. The highest BCUT2D eigenvalue weighted by Crippen LogP contribution is 2.19. The van der Waals surface area contributed by atoms with E-state index >= 15 is 0 Å². The number of piperazine rings is 1. The van der Waals surface area contributed by atoms with E-state index in [2.05, 4.69) is 16.3 Å². The maximum atomic E-state index is 9.22. The molecule has 1 saturated heterocycles. The first-order valence-electron chi connectivity index (χ1n) is 5.31. The fourth-order valence-electron chi connectivity index (χ4n) is 1.94. The fourth-order valence-corrected chi connectivity index (χ4v) is 1.94. The second kappa shape index (κ2) is 4.92. The van der Waals surface area contributed by atoms with Gasteiger partial charge < -0.3 is 5.32 Å². The second-order valence-electron chi connectivity index (χ2n) is 3.73. The van der Waals surface area contributed by atoms with Crippen LogP contribution in [0, 0.1) is 11.3 Å². The molecule has 0 unspecified atom stereocenters. The Morgan fingerprint density at radius 1 is 1.20 bits per heavy atom. The second-order valence-corrected chi connectivity index (χ2v) is 3.73. The predicted octanol–water partition coefficient (Wildman–Crippen LogP) is 1.16. The first-order chi connectivity index (χ1) is 7.42. The lowest BCUT2D eigenvalue weighted by molar-refractivity contribution is 0.207. The molecular weight excluding hydrogens is 186 g/mol. The molecule has 3 nitrogen and oxygen atoms in total. The number of hydrogen-bond acceptors (Lipinski definition) is 3. The van der Waals surface area contributed by atoms with Crippen molar-refractivity contribution in [3.8, 4) is 6.07 Å². The van der Waals surface area contributed by atoms with Gasteiger partial charge in [0, 0.05) is 26.2 Å². The Hall–Kier alpha value is -1.37. The van der Waals surface area contributed by atoms with Crippen molar-refractivity contribution in [2.45, 2.75) is 6.04 Å². The molecule has 0 aliphatic carbocycles. The largest absolute Gasteiger partial charge is 0.314 e. The van der Waals surface area contributed by atoms with Crippen molar-refractivity contribution in [2.75, 3.05) is 26.2 Å². The average molecular weight is 201 g/mol. The van der Waals surface area contributed by atoms with E-state index in [1.54, 1.807) is 0 Å². The number of rotatable bonds is 2. The van der Waals surface area contributed by atoms with E-state index in [1.165, 1.54) is 0 Å². The van der Waals surface area contributed by atoms with Crippen molar-refractivity contribution < 1.29 is 0 Å². The zero-order valence-electron chi connectivity index (χ0n) is 8.69. The molecule has 78 valence electrons. The first-order valence-corrected chi connectivity index (χ1v) is 5.31. The van der Waals surface area contributed by atoms with Gasteiger partial charge in [0.05, 0.1) is 6.07 Å². The molecule has 1 aliphatic rings. The Kier molecular flexibility index (Phi) is 3.33. The van der Waals surface area contributed by atoms with Gasteiger partial charge in [0.25, 0.3) is 0 Å². The SMILES string of the molecule is N#C[C@@H](c1ccccc1)N1CCNCC1. The van der Waals surface area contributed by atoms with Crippen LogP contribution in [0.3, 0.4) is 0 Å². The van der Waals surface area contributed by atoms with Crippen LogP contribution in [0.2, 0.25) is 0 Å². The quantitative estimate of drug-likeness (QED) is 0.780. The molecule has 15 heavy (non-hydrogen) atoms. The monoisotopic (exact) mass is 201 g/mol. The molecular formula is C12H15N3. The third-order valence-corrected chi connectivity index (χ3v) is 2.75. The molecule has 0 aromatic heterocycles. The van der Waals surface area contributed by atoms with Gasteiger partial charge in [-0.3, -0.25) is 4.90 Å². The van der Waals surface area contributed by atoms with Gasteiger partial charge in [0.1, 0.15) is 6.04 Å². The number of hydrogen-bond donors (Lipinski definition) is 1. The zero-order chi connectivity index (χ0) is 10.5. The van der Waals surface area contributed by atoms with Crippen LogP contribution in [0.5, 0.6) is 0 Å². The van der Waals surface area contributed by atoms with E-state index in [-0.39, 0.29) is 6.04 Å². The van der Waals surface area contributed by atoms with Gasteiger partial charge in [-0.2, -0.15) is 5.26 Å². The van der Waals surface area contributed by atoms with Crippen molar-refractivity contribution in [1.29, 1.82) is 5.26 Å². The summed E-state index contributed by atoms with van der Waals surface area (Å²) in [5.41, 5.74) is 1.10. The van der Waals surface area contributed by atoms with E-state index in [9.17, 15) is 5.26 Å². The Bertz CT molecular complexity index is 336. The number of nitrogens with zero attached hydrogens (tertiary/aromatic N) is 2. The van der Waals surface area contributed by atoms with Gasteiger partial charge in [0.15, 0.2) is 0 Å². The topological polar surface area (TPSA) is 39.1 Å². The molecule has 1 fully saturated rings. The number of nitrogens with one attached hydrogen (secondary N) is 1. The summed E-state index contributed by atoms with van der Waals surface area (Å²) in [6.07, 6.45) is 0. The van der Waals surface area contributed by atoms with Gasteiger partial charge in [-0.15, -0.1) is 0 Å². The fraction of sp³-hybridized carbons (Fsp3) is 0.417. The summed E-state index contributed by atoms with van der Waals surface area (Å²) < 4.78 is 0. The van der Waals surface area contributed by atoms with Crippen LogP contribution < -0.4 is 5.32 Å². The molecule has 0 radical (unpaired) electrons. The maximum absolute atomic E-state index is 9.22. The first kappa shape index (κ1) is 10.2. The van der Waals surface area contributed by atoms with E-state index in [0.29, 0.717) is 0 Å². The van der Waals surface area contributed by atoms with Crippen molar-refractivity contribution in [2.24, 2.45) is 0 Å². The summed E-state index contributed by atoms with van der Waals surface area (Å²) in [5, 5.41) is 12.5. The van der Waals surface area contributed by atoms with Gasteiger partial charge in [-0.1, -0.05) is 30.3 Å². The summed E-state index contributed by atoms with van der Waals surface area (Å²) in [6, 6.07) is 12.3. The van der Waals surface area contributed by atoms with Gasteiger partial charge >= 0.3 is 0 Å². The van der Waals surface area contributed by atoms with Crippen molar-refractivity contribution in [3.05, 3.63) is 35.9 Å². The molecule has 2 rings (SSSR count). The molecule has 1 aromatic carbocycles. The third-order valence-electron chi connectivity index (χ3n) is 2.75. The summed E-state index contributed by atoms with van der Waals surface area (Å²) in [5.74, 6) is 0. The molecule has 0 spiro atoms. The van der Waals surface area contributed by atoms with E-state index in [4.69, 9.17) is 0 Å². The average Bonchev–Trinajstić information content (AvgIpc) is 2.33. The minimum absolute atomic E-state index is 0.0895. The number of benzene rings is 1. The minimum atomic E-state index is -0.0895. The van der Waals surface area contributed by atoms with Crippen LogP contribution in [-0.4, -0.2) is 31.1 Å². The van der Waals surface area contributed by atoms with Crippen LogP contribution >= 0.6 is 0 Å². The summed E-state index contributed by atoms with van der Waals surface area (Å²) in [6.45, 7) is 3.86. The van der Waals surface area contributed by atoms with Crippen LogP contribution in [0.1, 0.15) is 11.6 Å². The third kappa shape index (κ3) is 2.35. The Labute approximate surface area is 90.3 Å². The Morgan fingerprint density at radius 3 is 2.47 bits per heavy atom. The van der Waals surface area contributed by atoms with E-state index < -0.39 is 0 Å². The lowest BCUT2D eigenvalue weighted by Gasteiger charge is -2.31. The van der Waals surface area contributed by atoms with Crippen LogP contribution in [0.15, 0.2) is 30.3 Å². The minimum Gasteiger partial charge on any atom is -0.314 e. The highest BCUT2D eigenvalue weighted by Gasteiger charge is 2.20. The van der Waals surface area contributed by atoms with Crippen molar-refractivity contribution >= 4 is 0 Å². The molecule has 1 aliphatic heterocycles. The molecule has 0 bridgehead atoms. The molecule has 0 saturated carbocycles. The van der Waals surface area contributed by atoms with E-state index in [0.717, 1.165) is 31.7 Å². The highest BCUT2D eigenvalue weighted by atomic mass is 15.2. The molecule has 1 N–H and O–H groups in total. The van der Waals surface area contributed by atoms with Gasteiger partial charge in [-0.25, -0.2) is 0 Å². The van der Waals surface area contributed by atoms with Gasteiger partial charge in [0.2, 0.25) is 0 Å². The molecule has 1 aromatic rings. The summed E-state index contributed by atoms with van der Waals surface area (Å²) in [4.78, 5) is 2.23. The summed E-state index contributed by atoms with van der Waals surface area (Å²) >= 11 is 0. The number of nitriles is 1. The Morgan fingerprint density at radius 2 is 1.87 bits per heavy atom. The lowest BCUT2D eigenvalue weighted by Crippen LogP contribution is -2.44. The van der Waals surface area contributed by atoms with Gasteiger partial charge in [-0.05, 0) is 5.56 Å². The van der Waals surface area contributed by atoms with Crippen LogP contribution in [-0.2, 0) is 0 Å². The normalized spacial score (nSPS) is 19.4. The lowest BCUT2D eigenvalue weighted by atomic mass is 10.1. The van der Waals surface area contributed by atoms with E-state index in [1.807, 2.05) is 30.3 Å². The zero-order valence-corrected chi connectivity index (χ0v) is 8.69. The van der Waals surface area contributed by atoms with Crippen molar-refractivity contribution in [3.63, 3.8) is 0 Å². The summed E-state index contributed by atoms with van der Waals surface area (Å²) in [7, 11) is 0. The predicted molar refractivity (Wildman–Crippen MR) is 59.2 cm³/mol. The molecule has 3 heteroatoms. The molecule has 1 atom stereocenters. The Balaban J connectivity index is 2.14. The maximum Gasteiger partial charge on any atom is 0.123 e. The van der Waals surface area contributed by atoms with Crippen LogP contribution in [0.25, 0.3) is 0 Å². The molecule has 0 amide bonds. The highest BCUT2D eigenvalue weighted by molar-refractivity contribution is 5.24. The smallest absolute Gasteiger partial charge is 0.123 e. The van der Waals surface area contributed by atoms with Crippen molar-refractivity contribution in [1.82, 2.24) is 10.2 Å². The molecule has 1 heterocycles.